The number of aliphatic imine (C=N–C) groups is 2. The molecule has 0 fully saturated rings. The molecular formula is C33H44N4. The molecule has 2 aliphatic heterocycles. The van der Waals surface area contributed by atoms with Gasteiger partial charge in [0, 0.05) is 29.2 Å². The van der Waals surface area contributed by atoms with Crippen LogP contribution in [-0.4, -0.2) is 21.4 Å². The molecule has 37 heavy (non-hydrogen) atoms. The fourth-order valence-corrected chi connectivity index (χ4v) is 6.24. The van der Waals surface area contributed by atoms with Crippen LogP contribution in [0.5, 0.6) is 0 Å². The highest BCUT2D eigenvalue weighted by molar-refractivity contribution is 6.21. The van der Waals surface area contributed by atoms with E-state index in [0.29, 0.717) is 0 Å². The van der Waals surface area contributed by atoms with Crippen LogP contribution >= 0.6 is 0 Å². The van der Waals surface area contributed by atoms with Gasteiger partial charge in [0.05, 0.1) is 22.8 Å². The van der Waals surface area contributed by atoms with E-state index in [-0.39, 0.29) is 0 Å². The third kappa shape index (κ3) is 4.79. The molecule has 2 aliphatic rings. The van der Waals surface area contributed by atoms with Gasteiger partial charge in [0.2, 0.25) is 0 Å². The predicted octanol–water partition coefficient (Wildman–Crippen LogP) is 8.84. The van der Waals surface area contributed by atoms with Crippen LogP contribution in [0.15, 0.2) is 43.7 Å². The van der Waals surface area contributed by atoms with Crippen molar-refractivity contribution in [2.45, 2.75) is 101 Å². The zero-order chi connectivity index (χ0) is 27.0. The third-order valence-corrected chi connectivity index (χ3v) is 8.46. The number of aryl methyl sites for hydroxylation is 2. The molecule has 0 amide bonds. The zero-order valence-electron chi connectivity index (χ0n) is 24.6. The van der Waals surface area contributed by atoms with Gasteiger partial charge in [0.1, 0.15) is 0 Å². The number of aromatic nitrogens is 2. The normalized spacial score (nSPS) is 18.2. The zero-order valence-corrected chi connectivity index (χ0v) is 24.6. The van der Waals surface area contributed by atoms with Gasteiger partial charge in [-0.1, -0.05) is 27.7 Å². The van der Waals surface area contributed by atoms with Crippen molar-refractivity contribution in [1.82, 2.24) is 9.97 Å². The Morgan fingerprint density at radius 2 is 1.05 bits per heavy atom. The molecule has 0 aliphatic carbocycles. The van der Waals surface area contributed by atoms with E-state index >= 15 is 0 Å². The van der Waals surface area contributed by atoms with Gasteiger partial charge in [-0.05, 0) is 124 Å². The largest absolute Gasteiger partial charge is 0.359 e. The molecule has 4 heterocycles. The van der Waals surface area contributed by atoms with Gasteiger partial charge >= 0.3 is 0 Å². The predicted molar refractivity (Wildman–Crippen MR) is 161 cm³/mol. The lowest BCUT2D eigenvalue weighted by molar-refractivity contribution is 1.08. The van der Waals surface area contributed by atoms with Crippen LogP contribution in [0.25, 0.3) is 12.2 Å². The maximum Gasteiger partial charge on any atom is 0.0689 e. The molecule has 196 valence electrons. The molecule has 0 bridgehead atoms. The fraction of sp³-hybridized carbons (Fsp3) is 0.455. The van der Waals surface area contributed by atoms with Crippen molar-refractivity contribution in [2.75, 3.05) is 0 Å². The standard InChI is InChI=1S/C33H44N4/c1-11-24-18(5)28(34-22(24)9)15-30-20(7)26(13-3)33(36-30)17-31-21(8)27(14-4)32(37-31)16-29-19(6)25(12-2)23(10)35-29/h15-16,34-35H,11-14,17H2,1-10H3. The van der Waals surface area contributed by atoms with Crippen LogP contribution in [-0.2, 0) is 12.8 Å². The van der Waals surface area contributed by atoms with E-state index in [1.54, 1.807) is 0 Å². The Balaban J connectivity index is 1.70. The summed E-state index contributed by atoms with van der Waals surface area (Å²) in [5, 5.41) is 0. The number of nitrogens with one attached hydrogen (secondary N) is 2. The second-order valence-electron chi connectivity index (χ2n) is 10.5. The summed E-state index contributed by atoms with van der Waals surface area (Å²) < 4.78 is 0. The number of rotatable bonds is 8. The molecule has 2 N–H and O–H groups in total. The Hall–Kier alpha value is -3.14. The molecule has 4 heteroatoms. The van der Waals surface area contributed by atoms with Gasteiger partial charge in [-0.15, -0.1) is 0 Å². The Morgan fingerprint density at radius 1 is 0.568 bits per heavy atom. The van der Waals surface area contributed by atoms with E-state index in [2.05, 4.69) is 91.4 Å². The van der Waals surface area contributed by atoms with E-state index in [1.165, 1.54) is 67.3 Å². The Kier molecular flexibility index (Phi) is 7.77. The topological polar surface area (TPSA) is 56.3 Å². The van der Waals surface area contributed by atoms with Crippen LogP contribution < -0.4 is 0 Å². The summed E-state index contributed by atoms with van der Waals surface area (Å²) >= 11 is 0. The Bertz CT molecular complexity index is 1420. The highest BCUT2D eigenvalue weighted by Gasteiger charge is 2.26. The minimum Gasteiger partial charge on any atom is -0.359 e. The summed E-state index contributed by atoms with van der Waals surface area (Å²) in [6, 6.07) is 0. The fourth-order valence-electron chi connectivity index (χ4n) is 6.24. The Labute approximate surface area is 223 Å². The number of H-pyrrole nitrogens is 2. The van der Waals surface area contributed by atoms with Gasteiger partial charge in [-0.3, -0.25) is 9.98 Å². The first-order valence-electron chi connectivity index (χ1n) is 14.0. The molecular weight excluding hydrogens is 452 g/mol. The van der Waals surface area contributed by atoms with Gasteiger partial charge in [0.15, 0.2) is 0 Å². The lowest BCUT2D eigenvalue weighted by Gasteiger charge is -2.07. The van der Waals surface area contributed by atoms with Crippen molar-refractivity contribution >= 4 is 23.6 Å². The third-order valence-electron chi connectivity index (χ3n) is 8.46. The van der Waals surface area contributed by atoms with Crippen LogP contribution in [0.2, 0.25) is 0 Å². The average Bonchev–Trinajstić information content (AvgIpc) is 3.51. The van der Waals surface area contributed by atoms with E-state index in [4.69, 9.17) is 9.98 Å². The molecule has 2 aromatic rings. The lowest BCUT2D eigenvalue weighted by Crippen LogP contribution is -2.09. The quantitative estimate of drug-likeness (QED) is 0.367. The van der Waals surface area contributed by atoms with Crippen molar-refractivity contribution in [2.24, 2.45) is 9.98 Å². The van der Waals surface area contributed by atoms with Crippen LogP contribution in [0.3, 0.4) is 0 Å². The van der Waals surface area contributed by atoms with Crippen LogP contribution in [0, 0.1) is 27.7 Å². The first kappa shape index (κ1) is 26.9. The maximum atomic E-state index is 5.18. The molecule has 4 nitrogen and oxygen atoms in total. The van der Waals surface area contributed by atoms with Crippen molar-refractivity contribution in [3.63, 3.8) is 0 Å². The lowest BCUT2D eigenvalue weighted by atomic mass is 9.95. The minimum atomic E-state index is 0.774. The first-order chi connectivity index (χ1) is 17.6. The molecule has 0 radical (unpaired) electrons. The molecule has 0 saturated heterocycles. The molecule has 0 unspecified atom stereocenters. The molecule has 0 spiro atoms. The monoisotopic (exact) mass is 496 g/mol. The van der Waals surface area contributed by atoms with E-state index < -0.39 is 0 Å². The summed E-state index contributed by atoms with van der Waals surface area (Å²) in [5.74, 6) is 0. The van der Waals surface area contributed by atoms with Crippen molar-refractivity contribution in [1.29, 1.82) is 0 Å². The number of nitrogens with zero attached hydrogens (tertiary/aromatic N) is 2. The Morgan fingerprint density at radius 3 is 1.51 bits per heavy atom. The molecule has 0 atom stereocenters. The van der Waals surface area contributed by atoms with Crippen LogP contribution in [0.4, 0.5) is 0 Å². The second-order valence-corrected chi connectivity index (χ2v) is 10.5. The summed E-state index contributed by atoms with van der Waals surface area (Å²) in [4.78, 5) is 17.5. The van der Waals surface area contributed by atoms with Crippen molar-refractivity contribution < 1.29 is 0 Å². The average molecular weight is 497 g/mol. The number of aromatic amines is 2. The molecule has 2 aromatic heterocycles. The SMILES string of the molecule is CCC1=C(C)C(CC2=NC(=Cc3[nH]c(C)c(CC)c3C)C(C)=C2CC)=NC1=Cc1[nH]c(C)c(CC)c1C. The summed E-state index contributed by atoms with van der Waals surface area (Å²) in [7, 11) is 0. The highest BCUT2D eigenvalue weighted by atomic mass is 14.8. The van der Waals surface area contributed by atoms with Crippen molar-refractivity contribution in [3.05, 3.63) is 78.7 Å². The molecule has 0 aromatic carbocycles. The van der Waals surface area contributed by atoms with Crippen molar-refractivity contribution in [3.8, 4) is 0 Å². The van der Waals surface area contributed by atoms with E-state index in [9.17, 15) is 0 Å². The highest BCUT2D eigenvalue weighted by Crippen LogP contribution is 2.36. The maximum absolute atomic E-state index is 5.18. The minimum absolute atomic E-state index is 0.774. The smallest absolute Gasteiger partial charge is 0.0689 e. The summed E-state index contributed by atoms with van der Waals surface area (Å²) in [5.41, 5.74) is 20.2. The molecule has 4 rings (SSSR count). The molecule has 0 saturated carbocycles. The van der Waals surface area contributed by atoms with Crippen LogP contribution in [0.1, 0.15) is 106 Å². The van der Waals surface area contributed by atoms with E-state index in [0.717, 1.165) is 54.9 Å². The summed E-state index contributed by atoms with van der Waals surface area (Å²) in [6.45, 7) is 22.1. The van der Waals surface area contributed by atoms with Gasteiger partial charge in [-0.2, -0.15) is 0 Å². The summed E-state index contributed by atoms with van der Waals surface area (Å²) in [6.07, 6.45) is 9.31. The van der Waals surface area contributed by atoms with Gasteiger partial charge < -0.3 is 9.97 Å². The van der Waals surface area contributed by atoms with E-state index in [1.807, 2.05) is 0 Å². The number of hydrogen-bond donors (Lipinski definition) is 2. The second kappa shape index (κ2) is 10.7. The first-order valence-corrected chi connectivity index (χ1v) is 14.0. The number of allylic oxidation sites excluding steroid dienone is 4. The number of hydrogen-bond acceptors (Lipinski definition) is 2. The van der Waals surface area contributed by atoms with Gasteiger partial charge in [-0.25, -0.2) is 0 Å². The van der Waals surface area contributed by atoms with Gasteiger partial charge in [0.25, 0.3) is 0 Å².